The Hall–Kier alpha value is -1.93. The van der Waals surface area contributed by atoms with E-state index in [2.05, 4.69) is 78.8 Å². The number of aromatic amines is 1. The van der Waals surface area contributed by atoms with Gasteiger partial charge in [0.25, 0.3) is 0 Å². The number of aryl methyl sites for hydroxylation is 2. The van der Waals surface area contributed by atoms with Crippen LogP contribution < -0.4 is 0 Å². The first-order valence-corrected chi connectivity index (χ1v) is 8.69. The average Bonchev–Trinajstić information content (AvgIpc) is 2.93. The highest BCUT2D eigenvalue weighted by Crippen LogP contribution is 2.25. The van der Waals surface area contributed by atoms with Crippen molar-refractivity contribution in [2.45, 2.75) is 30.4 Å². The van der Waals surface area contributed by atoms with E-state index in [1.165, 1.54) is 27.3 Å². The highest BCUT2D eigenvalue weighted by molar-refractivity contribution is 7.98. The zero-order chi connectivity index (χ0) is 15.2. The van der Waals surface area contributed by atoms with Crippen LogP contribution in [-0.2, 0) is 18.6 Å². The third-order valence-corrected chi connectivity index (χ3v) is 4.97. The first-order chi connectivity index (χ1) is 10.8. The fourth-order valence-corrected chi connectivity index (χ4v) is 3.59. The molecule has 22 heavy (non-hydrogen) atoms. The van der Waals surface area contributed by atoms with Crippen molar-refractivity contribution in [3.8, 4) is 0 Å². The summed E-state index contributed by atoms with van der Waals surface area (Å²) in [6.45, 7) is 2.20. The van der Waals surface area contributed by atoms with Gasteiger partial charge in [0.15, 0.2) is 0 Å². The summed E-state index contributed by atoms with van der Waals surface area (Å²) in [5, 5.41) is 0. The zero-order valence-electron chi connectivity index (χ0n) is 12.9. The van der Waals surface area contributed by atoms with E-state index in [-0.39, 0.29) is 0 Å². The van der Waals surface area contributed by atoms with Crippen molar-refractivity contribution in [1.82, 2.24) is 4.98 Å². The molecule has 112 valence electrons. The standard InChI is InChI=1S/C20H21NS/c1-16-14-21-20(15-22-18-10-6-3-7-11-18)19(16)13-12-17-8-4-2-5-9-17/h2-11,14,21H,12-13,15H2,1H3. The van der Waals surface area contributed by atoms with E-state index in [9.17, 15) is 0 Å². The highest BCUT2D eigenvalue weighted by Gasteiger charge is 2.09. The summed E-state index contributed by atoms with van der Waals surface area (Å²) >= 11 is 1.89. The predicted octanol–water partition coefficient (Wildman–Crippen LogP) is 5.40. The van der Waals surface area contributed by atoms with Crippen molar-refractivity contribution in [3.63, 3.8) is 0 Å². The first kappa shape index (κ1) is 15.0. The second-order valence-corrected chi connectivity index (χ2v) is 6.56. The van der Waals surface area contributed by atoms with Gasteiger partial charge in [-0.1, -0.05) is 48.5 Å². The van der Waals surface area contributed by atoms with Crippen LogP contribution in [0.5, 0.6) is 0 Å². The fourth-order valence-electron chi connectivity index (χ4n) is 2.67. The molecule has 1 N–H and O–H groups in total. The lowest BCUT2D eigenvalue weighted by Crippen LogP contribution is -1.96. The molecule has 2 aromatic carbocycles. The molecule has 3 rings (SSSR count). The van der Waals surface area contributed by atoms with Gasteiger partial charge < -0.3 is 4.98 Å². The minimum Gasteiger partial charge on any atom is -0.364 e. The SMILES string of the molecule is Cc1c[nH]c(CSc2ccccc2)c1CCc1ccccc1. The molecule has 1 nitrogen and oxygen atoms in total. The largest absolute Gasteiger partial charge is 0.364 e. The molecule has 1 heterocycles. The van der Waals surface area contributed by atoms with Crippen molar-refractivity contribution in [3.05, 3.63) is 89.2 Å². The van der Waals surface area contributed by atoms with Crippen LogP contribution in [0.1, 0.15) is 22.4 Å². The Bertz CT molecular complexity index is 701. The lowest BCUT2D eigenvalue weighted by molar-refractivity contribution is 0.938. The van der Waals surface area contributed by atoms with E-state index < -0.39 is 0 Å². The molecule has 2 heteroatoms. The van der Waals surface area contributed by atoms with Crippen LogP contribution in [0.25, 0.3) is 0 Å². The summed E-state index contributed by atoms with van der Waals surface area (Å²) in [6, 6.07) is 21.3. The Morgan fingerprint density at radius 3 is 2.27 bits per heavy atom. The maximum Gasteiger partial charge on any atom is 0.0386 e. The molecule has 0 saturated carbocycles. The van der Waals surface area contributed by atoms with E-state index in [0.29, 0.717) is 0 Å². The Kier molecular flexibility index (Phi) is 5.02. The van der Waals surface area contributed by atoms with Crippen LogP contribution in [-0.4, -0.2) is 4.98 Å². The molecule has 0 atom stereocenters. The Morgan fingerprint density at radius 2 is 1.55 bits per heavy atom. The minimum atomic E-state index is 1.00. The number of H-pyrrole nitrogens is 1. The van der Waals surface area contributed by atoms with Gasteiger partial charge in [0.1, 0.15) is 0 Å². The van der Waals surface area contributed by atoms with E-state index >= 15 is 0 Å². The van der Waals surface area contributed by atoms with Crippen LogP contribution >= 0.6 is 11.8 Å². The van der Waals surface area contributed by atoms with Gasteiger partial charge in [-0.25, -0.2) is 0 Å². The number of hydrogen-bond acceptors (Lipinski definition) is 1. The first-order valence-electron chi connectivity index (χ1n) is 7.70. The molecule has 0 aliphatic rings. The van der Waals surface area contributed by atoms with Gasteiger partial charge in [0.2, 0.25) is 0 Å². The van der Waals surface area contributed by atoms with E-state index in [4.69, 9.17) is 0 Å². The molecular formula is C20H21NS. The molecule has 0 spiro atoms. The van der Waals surface area contributed by atoms with E-state index in [0.717, 1.165) is 18.6 Å². The predicted molar refractivity (Wildman–Crippen MR) is 95.4 cm³/mol. The molecule has 1 aromatic heterocycles. The quantitative estimate of drug-likeness (QED) is 0.603. The number of rotatable bonds is 6. The van der Waals surface area contributed by atoms with Crippen molar-refractivity contribution in [1.29, 1.82) is 0 Å². The monoisotopic (exact) mass is 307 g/mol. The smallest absolute Gasteiger partial charge is 0.0386 e. The molecule has 0 amide bonds. The molecule has 0 aliphatic heterocycles. The van der Waals surface area contributed by atoms with Gasteiger partial charge in [0, 0.05) is 22.5 Å². The molecule has 0 saturated heterocycles. The van der Waals surface area contributed by atoms with Gasteiger partial charge in [0.05, 0.1) is 0 Å². The number of hydrogen-bond donors (Lipinski definition) is 1. The molecule has 0 unspecified atom stereocenters. The second-order valence-electron chi connectivity index (χ2n) is 5.52. The normalized spacial score (nSPS) is 10.8. The molecule has 0 radical (unpaired) electrons. The summed E-state index contributed by atoms with van der Waals surface area (Å²) in [5.74, 6) is 1.00. The third-order valence-electron chi connectivity index (χ3n) is 3.94. The zero-order valence-corrected chi connectivity index (χ0v) is 13.7. The highest BCUT2D eigenvalue weighted by atomic mass is 32.2. The van der Waals surface area contributed by atoms with Crippen molar-refractivity contribution in [2.24, 2.45) is 0 Å². The Morgan fingerprint density at radius 1 is 0.864 bits per heavy atom. The van der Waals surface area contributed by atoms with Crippen molar-refractivity contribution in [2.75, 3.05) is 0 Å². The van der Waals surface area contributed by atoms with Crippen molar-refractivity contribution < 1.29 is 0 Å². The number of aromatic nitrogens is 1. The lowest BCUT2D eigenvalue weighted by atomic mass is 10.0. The summed E-state index contributed by atoms with van der Waals surface area (Å²) in [6.07, 6.45) is 4.34. The van der Waals surface area contributed by atoms with Crippen LogP contribution in [0.2, 0.25) is 0 Å². The number of benzene rings is 2. The maximum atomic E-state index is 3.46. The van der Waals surface area contributed by atoms with Crippen molar-refractivity contribution >= 4 is 11.8 Å². The van der Waals surface area contributed by atoms with Gasteiger partial charge in [-0.05, 0) is 48.6 Å². The van der Waals surface area contributed by atoms with E-state index in [1.54, 1.807) is 0 Å². The molecular weight excluding hydrogens is 286 g/mol. The van der Waals surface area contributed by atoms with Crippen LogP contribution in [0.3, 0.4) is 0 Å². The number of nitrogens with one attached hydrogen (secondary N) is 1. The fraction of sp³-hybridized carbons (Fsp3) is 0.200. The Labute approximate surface area is 136 Å². The van der Waals surface area contributed by atoms with Crippen LogP contribution in [0.15, 0.2) is 71.8 Å². The summed E-state index contributed by atoms with van der Waals surface area (Å²) in [5.41, 5.74) is 5.62. The van der Waals surface area contributed by atoms with Crippen LogP contribution in [0, 0.1) is 6.92 Å². The molecule has 0 aliphatic carbocycles. The average molecular weight is 307 g/mol. The molecule has 0 fully saturated rings. The molecule has 0 bridgehead atoms. The number of thioether (sulfide) groups is 1. The molecule has 3 aromatic rings. The summed E-state index contributed by atoms with van der Waals surface area (Å²) in [4.78, 5) is 4.78. The topological polar surface area (TPSA) is 15.8 Å². The summed E-state index contributed by atoms with van der Waals surface area (Å²) < 4.78 is 0. The third kappa shape index (κ3) is 3.83. The lowest BCUT2D eigenvalue weighted by Gasteiger charge is -2.07. The maximum absolute atomic E-state index is 3.46. The Balaban J connectivity index is 1.65. The van der Waals surface area contributed by atoms with Gasteiger partial charge in [-0.15, -0.1) is 11.8 Å². The minimum absolute atomic E-state index is 1.00. The van der Waals surface area contributed by atoms with Gasteiger partial charge in [-0.3, -0.25) is 0 Å². The second kappa shape index (κ2) is 7.37. The van der Waals surface area contributed by atoms with Gasteiger partial charge in [-0.2, -0.15) is 0 Å². The van der Waals surface area contributed by atoms with E-state index in [1.807, 2.05) is 11.8 Å². The summed E-state index contributed by atoms with van der Waals surface area (Å²) in [7, 11) is 0. The van der Waals surface area contributed by atoms with Crippen LogP contribution in [0.4, 0.5) is 0 Å². The van der Waals surface area contributed by atoms with Gasteiger partial charge >= 0.3 is 0 Å².